The Kier molecular flexibility index (Phi) is 6.23. The summed E-state index contributed by atoms with van der Waals surface area (Å²) in [6.45, 7) is 1.49. The number of esters is 1. The summed E-state index contributed by atoms with van der Waals surface area (Å²) in [5, 5.41) is 3.05. The average molecular weight is 413 g/mol. The SMILES string of the molecule is COc1ccc(Cl)cc1C(=O)O[C@@H](C)C(=O)Nc1cccc(Br)c1. The van der Waals surface area contributed by atoms with Crippen molar-refractivity contribution in [3.8, 4) is 5.75 Å². The zero-order valence-electron chi connectivity index (χ0n) is 13.0. The molecule has 0 fully saturated rings. The van der Waals surface area contributed by atoms with Gasteiger partial charge in [-0.3, -0.25) is 4.79 Å². The van der Waals surface area contributed by atoms with Gasteiger partial charge in [-0.2, -0.15) is 0 Å². The highest BCUT2D eigenvalue weighted by Gasteiger charge is 2.21. The van der Waals surface area contributed by atoms with Crippen molar-refractivity contribution < 1.29 is 19.1 Å². The molecule has 0 aliphatic heterocycles. The van der Waals surface area contributed by atoms with Crippen molar-refractivity contribution in [2.75, 3.05) is 12.4 Å². The molecule has 7 heteroatoms. The van der Waals surface area contributed by atoms with Gasteiger partial charge in [0.2, 0.25) is 0 Å². The quantitative estimate of drug-likeness (QED) is 0.744. The van der Waals surface area contributed by atoms with Crippen LogP contribution in [0.1, 0.15) is 17.3 Å². The first-order valence-corrected chi connectivity index (χ1v) is 8.18. The number of amides is 1. The number of nitrogens with one attached hydrogen (secondary N) is 1. The molecule has 0 aromatic heterocycles. The van der Waals surface area contributed by atoms with E-state index in [-0.39, 0.29) is 5.56 Å². The maximum Gasteiger partial charge on any atom is 0.342 e. The summed E-state index contributed by atoms with van der Waals surface area (Å²) in [6.07, 6.45) is -0.986. The van der Waals surface area contributed by atoms with Gasteiger partial charge < -0.3 is 14.8 Å². The molecule has 1 N–H and O–H groups in total. The second-order valence-electron chi connectivity index (χ2n) is 4.89. The lowest BCUT2D eigenvalue weighted by Gasteiger charge is -2.15. The van der Waals surface area contributed by atoms with Crippen LogP contribution >= 0.6 is 27.5 Å². The van der Waals surface area contributed by atoms with Gasteiger partial charge in [-0.1, -0.05) is 33.6 Å². The van der Waals surface area contributed by atoms with Crippen molar-refractivity contribution in [3.05, 3.63) is 57.5 Å². The van der Waals surface area contributed by atoms with Crippen molar-refractivity contribution in [1.82, 2.24) is 0 Å². The topological polar surface area (TPSA) is 64.6 Å². The van der Waals surface area contributed by atoms with Crippen molar-refractivity contribution >= 4 is 45.1 Å². The predicted molar refractivity (Wildman–Crippen MR) is 95.7 cm³/mol. The summed E-state index contributed by atoms with van der Waals surface area (Å²) < 4.78 is 11.1. The van der Waals surface area contributed by atoms with Gasteiger partial charge in [0, 0.05) is 15.2 Å². The zero-order valence-corrected chi connectivity index (χ0v) is 15.3. The summed E-state index contributed by atoms with van der Waals surface area (Å²) in [5.41, 5.74) is 0.754. The molecular formula is C17H15BrClNO4. The molecule has 2 aromatic rings. The number of hydrogen-bond acceptors (Lipinski definition) is 4. The Morgan fingerprint density at radius 2 is 1.96 bits per heavy atom. The molecule has 0 saturated carbocycles. The first-order chi connectivity index (χ1) is 11.4. The largest absolute Gasteiger partial charge is 0.496 e. The van der Waals surface area contributed by atoms with Gasteiger partial charge in [0.1, 0.15) is 11.3 Å². The average Bonchev–Trinajstić information content (AvgIpc) is 2.54. The number of rotatable bonds is 5. The highest BCUT2D eigenvalue weighted by molar-refractivity contribution is 9.10. The minimum atomic E-state index is -0.986. The maximum absolute atomic E-state index is 12.2. The lowest BCUT2D eigenvalue weighted by Crippen LogP contribution is -2.30. The molecule has 2 rings (SSSR count). The number of benzene rings is 2. The van der Waals surface area contributed by atoms with Crippen LogP contribution in [0.4, 0.5) is 5.69 Å². The monoisotopic (exact) mass is 411 g/mol. The van der Waals surface area contributed by atoms with E-state index >= 15 is 0 Å². The van der Waals surface area contributed by atoms with Crippen LogP contribution < -0.4 is 10.1 Å². The number of halogens is 2. The van der Waals surface area contributed by atoms with Crippen molar-refractivity contribution in [2.24, 2.45) is 0 Å². The summed E-state index contributed by atoms with van der Waals surface area (Å²) in [4.78, 5) is 24.4. The van der Waals surface area contributed by atoms with E-state index in [0.29, 0.717) is 16.5 Å². The van der Waals surface area contributed by atoms with Crippen molar-refractivity contribution in [3.63, 3.8) is 0 Å². The molecule has 0 aliphatic carbocycles. The molecule has 0 spiro atoms. The molecule has 5 nitrogen and oxygen atoms in total. The van der Waals surface area contributed by atoms with E-state index in [1.165, 1.54) is 20.1 Å². The molecule has 0 saturated heterocycles. The summed E-state index contributed by atoms with van der Waals surface area (Å²) in [7, 11) is 1.43. The molecule has 2 aromatic carbocycles. The van der Waals surface area contributed by atoms with Crippen LogP contribution in [0.15, 0.2) is 46.9 Å². The highest BCUT2D eigenvalue weighted by atomic mass is 79.9. The van der Waals surface area contributed by atoms with E-state index in [2.05, 4.69) is 21.2 Å². The van der Waals surface area contributed by atoms with Crippen LogP contribution in [-0.2, 0) is 9.53 Å². The van der Waals surface area contributed by atoms with Crippen LogP contribution in [0.3, 0.4) is 0 Å². The van der Waals surface area contributed by atoms with Gasteiger partial charge in [0.15, 0.2) is 6.10 Å². The Hall–Kier alpha value is -2.05. The first-order valence-electron chi connectivity index (χ1n) is 7.01. The zero-order chi connectivity index (χ0) is 17.7. The molecule has 1 atom stereocenters. The summed E-state index contributed by atoms with van der Waals surface area (Å²) >= 11 is 9.21. The normalized spacial score (nSPS) is 11.5. The third-order valence-corrected chi connectivity index (χ3v) is 3.85. The van der Waals surface area contributed by atoms with E-state index < -0.39 is 18.0 Å². The number of methoxy groups -OCH3 is 1. The van der Waals surface area contributed by atoms with E-state index in [9.17, 15) is 9.59 Å². The maximum atomic E-state index is 12.2. The van der Waals surface area contributed by atoms with Crippen LogP contribution in [0.25, 0.3) is 0 Å². The Balaban J connectivity index is 2.06. The van der Waals surface area contributed by atoms with Crippen molar-refractivity contribution in [2.45, 2.75) is 13.0 Å². The Morgan fingerprint density at radius 3 is 2.62 bits per heavy atom. The van der Waals surface area contributed by atoms with E-state index in [1.54, 1.807) is 30.3 Å². The second-order valence-corrected chi connectivity index (χ2v) is 6.24. The Bertz CT molecular complexity index is 766. The molecule has 0 aliphatic rings. The van der Waals surface area contributed by atoms with Gasteiger partial charge in [0.05, 0.1) is 7.11 Å². The van der Waals surface area contributed by atoms with E-state index in [0.717, 1.165) is 4.47 Å². The Morgan fingerprint density at radius 1 is 1.21 bits per heavy atom. The fourth-order valence-corrected chi connectivity index (χ4v) is 2.50. The van der Waals surface area contributed by atoms with Crippen LogP contribution in [-0.4, -0.2) is 25.1 Å². The fraction of sp³-hybridized carbons (Fsp3) is 0.176. The highest BCUT2D eigenvalue weighted by Crippen LogP contribution is 2.24. The standard InChI is InChI=1S/C17H15BrClNO4/c1-10(16(21)20-13-5-3-4-11(18)8-13)24-17(22)14-9-12(19)6-7-15(14)23-2/h3-10H,1-2H3,(H,20,21)/t10-/m0/s1. The van der Waals surface area contributed by atoms with Crippen LogP contribution in [0.2, 0.25) is 5.02 Å². The number of anilines is 1. The van der Waals surface area contributed by atoms with Gasteiger partial charge in [0.25, 0.3) is 5.91 Å². The molecule has 126 valence electrons. The van der Waals surface area contributed by atoms with Crippen LogP contribution in [0, 0.1) is 0 Å². The van der Waals surface area contributed by atoms with E-state index in [4.69, 9.17) is 21.1 Å². The molecule has 0 heterocycles. The summed E-state index contributed by atoms with van der Waals surface area (Å²) in [5.74, 6) is -0.808. The minimum Gasteiger partial charge on any atom is -0.496 e. The predicted octanol–water partition coefficient (Wildman–Crippen LogP) is 4.30. The van der Waals surface area contributed by atoms with Crippen molar-refractivity contribution in [1.29, 1.82) is 0 Å². The molecule has 1 amide bonds. The van der Waals surface area contributed by atoms with Gasteiger partial charge in [-0.15, -0.1) is 0 Å². The lowest BCUT2D eigenvalue weighted by atomic mass is 10.2. The lowest BCUT2D eigenvalue weighted by molar-refractivity contribution is -0.123. The molecular weight excluding hydrogens is 398 g/mol. The van der Waals surface area contributed by atoms with Gasteiger partial charge in [-0.25, -0.2) is 4.79 Å². The number of carbonyl (C=O) groups excluding carboxylic acids is 2. The number of carbonyl (C=O) groups is 2. The first kappa shape index (κ1) is 18.3. The van der Waals surface area contributed by atoms with E-state index in [1.807, 2.05) is 6.07 Å². The Labute approximate surface area is 153 Å². The summed E-state index contributed by atoms with van der Waals surface area (Å²) in [6, 6.07) is 11.7. The van der Waals surface area contributed by atoms with Crippen LogP contribution in [0.5, 0.6) is 5.75 Å². The molecule has 0 radical (unpaired) electrons. The fourth-order valence-electron chi connectivity index (χ4n) is 1.93. The number of hydrogen-bond donors (Lipinski definition) is 1. The smallest absolute Gasteiger partial charge is 0.342 e. The van der Waals surface area contributed by atoms with Gasteiger partial charge >= 0.3 is 5.97 Å². The minimum absolute atomic E-state index is 0.159. The molecule has 0 unspecified atom stereocenters. The third kappa shape index (κ3) is 4.72. The number of ether oxygens (including phenoxy) is 2. The molecule has 0 bridgehead atoms. The molecule has 24 heavy (non-hydrogen) atoms. The third-order valence-electron chi connectivity index (χ3n) is 3.13. The second kappa shape index (κ2) is 8.17. The van der Waals surface area contributed by atoms with Gasteiger partial charge in [-0.05, 0) is 43.3 Å².